The highest BCUT2D eigenvalue weighted by Crippen LogP contribution is 2.21. The lowest BCUT2D eigenvalue weighted by Gasteiger charge is -2.26. The topological polar surface area (TPSA) is 74.2 Å². The molecule has 0 aliphatic rings. The van der Waals surface area contributed by atoms with Crippen molar-refractivity contribution in [3.8, 4) is 0 Å². The van der Waals surface area contributed by atoms with Crippen molar-refractivity contribution in [1.29, 1.82) is 0 Å². The SMILES string of the molecule is Cc1cc(C[C@H](CCCCNC(C)(C)c2ccc(F)cn2)C(=O)NO)cc(C)c1F. The van der Waals surface area contributed by atoms with Crippen molar-refractivity contribution in [2.75, 3.05) is 6.54 Å². The lowest BCUT2D eigenvalue weighted by atomic mass is 9.91. The van der Waals surface area contributed by atoms with Crippen LogP contribution < -0.4 is 10.8 Å². The van der Waals surface area contributed by atoms with Crippen LogP contribution in [0.3, 0.4) is 0 Å². The van der Waals surface area contributed by atoms with E-state index in [1.807, 2.05) is 13.8 Å². The summed E-state index contributed by atoms with van der Waals surface area (Å²) in [6.07, 6.45) is 3.83. The van der Waals surface area contributed by atoms with Gasteiger partial charge in [0.1, 0.15) is 11.6 Å². The number of nitrogens with zero attached hydrogens (tertiary/aromatic N) is 1. The number of benzene rings is 1. The molecule has 1 aromatic heterocycles. The molecule has 5 nitrogen and oxygen atoms in total. The standard InChI is InChI=1S/C23H31F2N3O2/c1-15-11-17(12-16(2)21(15)25)13-18(22(29)28-30)7-5-6-10-27-23(3,4)20-9-8-19(24)14-26-20/h8-9,11-12,14,18,27,30H,5-7,10,13H2,1-4H3,(H,28,29)/t18-/m0/s1. The summed E-state index contributed by atoms with van der Waals surface area (Å²) in [7, 11) is 0. The third-order valence-corrected chi connectivity index (χ3v) is 5.37. The molecule has 0 radical (unpaired) electrons. The third kappa shape index (κ3) is 6.57. The van der Waals surface area contributed by atoms with Gasteiger partial charge in [0, 0.05) is 5.92 Å². The number of aromatic nitrogens is 1. The molecule has 0 bridgehead atoms. The largest absolute Gasteiger partial charge is 0.307 e. The highest BCUT2D eigenvalue weighted by atomic mass is 19.1. The first-order valence-electron chi connectivity index (χ1n) is 10.2. The fourth-order valence-electron chi connectivity index (χ4n) is 3.61. The van der Waals surface area contributed by atoms with Crippen molar-refractivity contribution >= 4 is 5.91 Å². The zero-order valence-corrected chi connectivity index (χ0v) is 18.1. The number of unbranched alkanes of at least 4 members (excludes halogenated alkanes) is 1. The van der Waals surface area contributed by atoms with Gasteiger partial charge in [-0.25, -0.2) is 14.3 Å². The molecule has 2 rings (SSSR count). The van der Waals surface area contributed by atoms with Crippen molar-refractivity contribution in [2.45, 2.75) is 58.9 Å². The predicted molar refractivity (Wildman–Crippen MR) is 112 cm³/mol. The Kier molecular flexibility index (Phi) is 8.43. The molecule has 0 spiro atoms. The molecule has 164 valence electrons. The molecule has 1 amide bonds. The number of carbonyl (C=O) groups excluding carboxylic acids is 1. The second-order valence-electron chi connectivity index (χ2n) is 8.33. The summed E-state index contributed by atoms with van der Waals surface area (Å²) in [5.74, 6) is -1.43. The summed E-state index contributed by atoms with van der Waals surface area (Å²) >= 11 is 0. The molecule has 7 heteroatoms. The minimum absolute atomic E-state index is 0.230. The van der Waals surface area contributed by atoms with Gasteiger partial charge in [0.05, 0.1) is 17.4 Å². The Morgan fingerprint density at radius 3 is 2.40 bits per heavy atom. The third-order valence-electron chi connectivity index (χ3n) is 5.37. The van der Waals surface area contributed by atoms with E-state index in [9.17, 15) is 13.6 Å². The summed E-state index contributed by atoms with van der Waals surface area (Å²) in [4.78, 5) is 16.2. The molecule has 30 heavy (non-hydrogen) atoms. The van der Waals surface area contributed by atoms with E-state index in [0.29, 0.717) is 30.5 Å². The van der Waals surface area contributed by atoms with Gasteiger partial charge in [-0.15, -0.1) is 0 Å². The van der Waals surface area contributed by atoms with Crippen LogP contribution in [-0.4, -0.2) is 22.6 Å². The minimum Gasteiger partial charge on any atom is -0.307 e. The van der Waals surface area contributed by atoms with Crippen molar-refractivity contribution in [3.63, 3.8) is 0 Å². The Balaban J connectivity index is 1.88. The number of pyridine rings is 1. The maximum atomic E-state index is 13.8. The lowest BCUT2D eigenvalue weighted by Crippen LogP contribution is -2.38. The van der Waals surface area contributed by atoms with Crippen LogP contribution in [0.1, 0.15) is 55.5 Å². The number of aryl methyl sites for hydroxylation is 2. The molecule has 0 fully saturated rings. The van der Waals surface area contributed by atoms with Crippen LogP contribution in [0.2, 0.25) is 0 Å². The normalized spacial score (nSPS) is 12.6. The second kappa shape index (κ2) is 10.6. The Morgan fingerprint density at radius 1 is 1.17 bits per heavy atom. The summed E-state index contributed by atoms with van der Waals surface area (Å²) in [6, 6.07) is 6.55. The van der Waals surface area contributed by atoms with E-state index >= 15 is 0 Å². The maximum absolute atomic E-state index is 13.8. The first-order chi connectivity index (χ1) is 14.1. The zero-order valence-electron chi connectivity index (χ0n) is 18.1. The van der Waals surface area contributed by atoms with Crippen LogP contribution in [0.5, 0.6) is 0 Å². The monoisotopic (exact) mass is 419 g/mol. The molecule has 0 saturated heterocycles. The molecular formula is C23H31F2N3O2. The average molecular weight is 420 g/mol. The summed E-state index contributed by atoms with van der Waals surface area (Å²) < 4.78 is 26.9. The lowest BCUT2D eigenvalue weighted by molar-refractivity contribution is -0.133. The molecule has 0 aliphatic heterocycles. The Labute approximate surface area is 176 Å². The smallest absolute Gasteiger partial charge is 0.246 e. The molecule has 0 saturated carbocycles. The summed E-state index contributed by atoms with van der Waals surface area (Å²) in [5.41, 5.74) is 4.08. The molecule has 0 unspecified atom stereocenters. The molecular weight excluding hydrogens is 388 g/mol. The predicted octanol–water partition coefficient (Wildman–Crippen LogP) is 4.34. The summed E-state index contributed by atoms with van der Waals surface area (Å²) in [5, 5.41) is 12.5. The van der Waals surface area contributed by atoms with Gasteiger partial charge in [-0.3, -0.25) is 15.0 Å². The van der Waals surface area contributed by atoms with Gasteiger partial charge >= 0.3 is 0 Å². The van der Waals surface area contributed by atoms with E-state index in [2.05, 4.69) is 10.3 Å². The van der Waals surface area contributed by atoms with Gasteiger partial charge in [-0.2, -0.15) is 0 Å². The fraction of sp³-hybridized carbons (Fsp3) is 0.478. The van der Waals surface area contributed by atoms with Gasteiger partial charge in [-0.05, 0) is 82.3 Å². The van der Waals surface area contributed by atoms with Gasteiger partial charge in [0.2, 0.25) is 5.91 Å². The highest BCUT2D eigenvalue weighted by molar-refractivity contribution is 5.77. The fourth-order valence-corrected chi connectivity index (χ4v) is 3.61. The van der Waals surface area contributed by atoms with Gasteiger partial charge in [0.25, 0.3) is 0 Å². The van der Waals surface area contributed by atoms with E-state index in [1.165, 1.54) is 12.3 Å². The number of hydroxylamine groups is 1. The van der Waals surface area contributed by atoms with Gasteiger partial charge in [0.15, 0.2) is 0 Å². The van der Waals surface area contributed by atoms with Crippen molar-refractivity contribution < 1.29 is 18.8 Å². The van der Waals surface area contributed by atoms with E-state index in [0.717, 1.165) is 24.1 Å². The van der Waals surface area contributed by atoms with E-state index < -0.39 is 17.4 Å². The quantitative estimate of drug-likeness (QED) is 0.304. The first kappa shape index (κ1) is 23.9. The molecule has 2 aromatic rings. The van der Waals surface area contributed by atoms with Crippen LogP contribution in [0.4, 0.5) is 8.78 Å². The maximum Gasteiger partial charge on any atom is 0.246 e. The van der Waals surface area contributed by atoms with Crippen molar-refractivity contribution in [3.05, 3.63) is 64.5 Å². The zero-order chi connectivity index (χ0) is 22.3. The Morgan fingerprint density at radius 2 is 1.83 bits per heavy atom. The highest BCUT2D eigenvalue weighted by Gasteiger charge is 2.22. The van der Waals surface area contributed by atoms with Crippen LogP contribution >= 0.6 is 0 Å². The summed E-state index contributed by atoms with van der Waals surface area (Å²) in [6.45, 7) is 8.07. The van der Waals surface area contributed by atoms with Crippen LogP contribution in [0.15, 0.2) is 30.5 Å². The van der Waals surface area contributed by atoms with E-state index in [-0.39, 0.29) is 11.6 Å². The van der Waals surface area contributed by atoms with Crippen LogP contribution in [-0.2, 0) is 16.8 Å². The van der Waals surface area contributed by atoms with Crippen molar-refractivity contribution in [2.24, 2.45) is 5.92 Å². The molecule has 1 heterocycles. The van der Waals surface area contributed by atoms with Crippen molar-refractivity contribution in [1.82, 2.24) is 15.8 Å². The number of rotatable bonds is 10. The second-order valence-corrected chi connectivity index (χ2v) is 8.33. The number of carbonyl (C=O) groups is 1. The number of amides is 1. The molecule has 1 aromatic carbocycles. The van der Waals surface area contributed by atoms with E-state index in [4.69, 9.17) is 5.21 Å². The Bertz CT molecular complexity index is 831. The molecule has 0 aliphatic carbocycles. The average Bonchev–Trinajstić information content (AvgIpc) is 2.70. The van der Waals surface area contributed by atoms with E-state index in [1.54, 1.807) is 37.5 Å². The molecule has 3 N–H and O–H groups in total. The molecule has 1 atom stereocenters. The number of nitrogens with one attached hydrogen (secondary N) is 2. The number of hydrogen-bond donors (Lipinski definition) is 3. The first-order valence-corrected chi connectivity index (χ1v) is 10.2. The number of hydrogen-bond acceptors (Lipinski definition) is 4. The minimum atomic E-state index is -0.432. The van der Waals surface area contributed by atoms with Gasteiger partial charge in [-0.1, -0.05) is 18.6 Å². The van der Waals surface area contributed by atoms with Gasteiger partial charge < -0.3 is 5.32 Å². The van der Waals surface area contributed by atoms with Crippen LogP contribution in [0, 0.1) is 31.4 Å². The Hall–Kier alpha value is -2.38. The van der Waals surface area contributed by atoms with Crippen LogP contribution in [0.25, 0.3) is 0 Å². The number of halogens is 2.